The lowest BCUT2D eigenvalue weighted by Gasteiger charge is -2.37. The highest BCUT2D eigenvalue weighted by Crippen LogP contribution is 2.48. The molecule has 1 aromatic carbocycles. The fraction of sp³-hybridized carbons (Fsp3) is 0.455. The molecule has 0 aromatic heterocycles. The number of benzene rings is 1. The molecule has 0 radical (unpaired) electrons. The minimum atomic E-state index is -0.601. The lowest BCUT2D eigenvalue weighted by atomic mass is 9.80. The SMILES string of the molecule is CCCC1=C(C(=O)OCC)C(c2cc(Cl)cc3c2OC(C)(C)CN3)/C(=C/N)C(N)=N1. The third-order valence-corrected chi connectivity index (χ3v) is 5.32. The van der Waals surface area contributed by atoms with Gasteiger partial charge in [0.1, 0.15) is 17.2 Å². The van der Waals surface area contributed by atoms with Crippen molar-refractivity contribution in [2.75, 3.05) is 18.5 Å². The Kier molecular flexibility index (Phi) is 6.31. The van der Waals surface area contributed by atoms with Crippen LogP contribution in [-0.4, -0.2) is 30.6 Å². The zero-order chi connectivity index (χ0) is 22.1. The number of rotatable bonds is 5. The minimum Gasteiger partial charge on any atom is -0.484 e. The van der Waals surface area contributed by atoms with Gasteiger partial charge in [0.25, 0.3) is 0 Å². The van der Waals surface area contributed by atoms with Gasteiger partial charge in [0, 0.05) is 22.4 Å². The first-order valence-electron chi connectivity index (χ1n) is 10.1. The smallest absolute Gasteiger partial charge is 0.336 e. The molecule has 1 atom stereocenters. The second-order valence-electron chi connectivity index (χ2n) is 7.97. The van der Waals surface area contributed by atoms with Crippen LogP contribution < -0.4 is 21.5 Å². The van der Waals surface area contributed by atoms with E-state index in [-0.39, 0.29) is 12.4 Å². The molecule has 2 aliphatic heterocycles. The summed E-state index contributed by atoms with van der Waals surface area (Å²) < 4.78 is 11.7. The van der Waals surface area contributed by atoms with Crippen LogP contribution in [0.25, 0.3) is 0 Å². The van der Waals surface area contributed by atoms with E-state index >= 15 is 0 Å². The molecule has 0 amide bonds. The van der Waals surface area contributed by atoms with Gasteiger partial charge in [-0.05, 0) is 39.3 Å². The van der Waals surface area contributed by atoms with Crippen molar-refractivity contribution in [3.63, 3.8) is 0 Å². The summed E-state index contributed by atoms with van der Waals surface area (Å²) in [5.41, 5.74) is 14.8. The van der Waals surface area contributed by atoms with Gasteiger partial charge in [-0.15, -0.1) is 0 Å². The van der Waals surface area contributed by atoms with Crippen LogP contribution >= 0.6 is 11.6 Å². The summed E-state index contributed by atoms with van der Waals surface area (Å²) >= 11 is 6.45. The van der Waals surface area contributed by atoms with Gasteiger partial charge in [0.2, 0.25) is 0 Å². The summed E-state index contributed by atoms with van der Waals surface area (Å²) in [5.74, 6) is -0.155. The Balaban J connectivity index is 2.29. The number of fused-ring (bicyclic) bond motifs is 1. The van der Waals surface area contributed by atoms with Gasteiger partial charge in [-0.2, -0.15) is 0 Å². The third-order valence-electron chi connectivity index (χ3n) is 5.10. The molecule has 3 rings (SSSR count). The first-order valence-corrected chi connectivity index (χ1v) is 10.5. The standard InChI is InChI=1S/C22H29ClN4O3/c1-5-7-15-18(21(28)29-6-2)17(14(10-24)20(25)27-15)13-8-12(23)9-16-19(13)30-22(3,4)11-26-16/h8-10,17,26H,5-7,11,24H2,1-4H3,(H2,25,27)/b14-10-. The molecule has 0 aliphatic carbocycles. The van der Waals surface area contributed by atoms with Crippen LogP contribution in [0, 0.1) is 0 Å². The Morgan fingerprint density at radius 3 is 2.80 bits per heavy atom. The van der Waals surface area contributed by atoms with Crippen molar-refractivity contribution in [1.29, 1.82) is 0 Å². The number of allylic oxidation sites excluding steroid dienone is 1. The Hall–Kier alpha value is -2.67. The van der Waals surface area contributed by atoms with Gasteiger partial charge in [0.15, 0.2) is 0 Å². The maximum Gasteiger partial charge on any atom is 0.336 e. The molecule has 2 aliphatic rings. The van der Waals surface area contributed by atoms with Gasteiger partial charge in [-0.25, -0.2) is 9.79 Å². The van der Waals surface area contributed by atoms with E-state index in [4.69, 9.17) is 32.5 Å². The molecule has 1 unspecified atom stereocenters. The molecule has 0 saturated carbocycles. The molecule has 1 aromatic rings. The maximum absolute atomic E-state index is 13.1. The fourth-order valence-corrected chi connectivity index (χ4v) is 4.04. The third kappa shape index (κ3) is 4.12. The van der Waals surface area contributed by atoms with Crippen LogP contribution in [-0.2, 0) is 9.53 Å². The topological polar surface area (TPSA) is 112 Å². The van der Waals surface area contributed by atoms with E-state index in [9.17, 15) is 4.79 Å². The van der Waals surface area contributed by atoms with Gasteiger partial charge in [-0.1, -0.05) is 24.9 Å². The van der Waals surface area contributed by atoms with Gasteiger partial charge < -0.3 is 26.3 Å². The van der Waals surface area contributed by atoms with Crippen molar-refractivity contribution in [3.8, 4) is 5.75 Å². The monoisotopic (exact) mass is 432 g/mol. The summed E-state index contributed by atoms with van der Waals surface area (Å²) in [5, 5.41) is 3.88. The average molecular weight is 433 g/mol. The van der Waals surface area contributed by atoms with Crippen LogP contribution in [0.4, 0.5) is 5.69 Å². The number of aliphatic imine (C=N–C) groups is 1. The molecule has 30 heavy (non-hydrogen) atoms. The quantitative estimate of drug-likeness (QED) is 0.609. The van der Waals surface area contributed by atoms with E-state index in [0.29, 0.717) is 46.1 Å². The molecule has 8 heteroatoms. The second-order valence-corrected chi connectivity index (χ2v) is 8.41. The molecule has 0 fully saturated rings. The van der Waals surface area contributed by atoms with Crippen molar-refractivity contribution in [1.82, 2.24) is 0 Å². The fourth-order valence-electron chi connectivity index (χ4n) is 3.81. The highest BCUT2D eigenvalue weighted by molar-refractivity contribution is 6.31. The Labute approximate surface area is 182 Å². The first-order chi connectivity index (χ1) is 14.2. The number of carbonyl (C=O) groups is 1. The van der Waals surface area contributed by atoms with Crippen LogP contribution in [0.1, 0.15) is 52.0 Å². The number of amidine groups is 1. The van der Waals surface area contributed by atoms with E-state index in [1.807, 2.05) is 26.8 Å². The zero-order valence-electron chi connectivity index (χ0n) is 17.8. The van der Waals surface area contributed by atoms with Crippen LogP contribution in [0.3, 0.4) is 0 Å². The van der Waals surface area contributed by atoms with Crippen LogP contribution in [0.5, 0.6) is 5.75 Å². The van der Waals surface area contributed by atoms with Gasteiger partial charge in [-0.3, -0.25) is 0 Å². The summed E-state index contributed by atoms with van der Waals surface area (Å²) in [6.45, 7) is 8.62. The van der Waals surface area contributed by atoms with E-state index in [0.717, 1.165) is 12.1 Å². The lowest BCUT2D eigenvalue weighted by molar-refractivity contribution is -0.138. The molecule has 7 nitrogen and oxygen atoms in total. The molecule has 2 heterocycles. The van der Waals surface area contributed by atoms with E-state index in [2.05, 4.69) is 10.3 Å². The molecule has 0 saturated heterocycles. The number of carbonyl (C=O) groups excluding carboxylic acids is 1. The van der Waals surface area contributed by atoms with Crippen molar-refractivity contribution in [3.05, 3.63) is 45.8 Å². The van der Waals surface area contributed by atoms with E-state index < -0.39 is 17.5 Å². The number of halogens is 1. The van der Waals surface area contributed by atoms with Gasteiger partial charge >= 0.3 is 5.97 Å². The number of hydrogen-bond donors (Lipinski definition) is 3. The van der Waals surface area contributed by atoms with Crippen molar-refractivity contribution in [2.24, 2.45) is 16.5 Å². The molecule has 162 valence electrons. The molecular weight excluding hydrogens is 404 g/mol. The average Bonchev–Trinajstić information content (AvgIpc) is 2.67. The van der Waals surface area contributed by atoms with Crippen molar-refractivity contribution >= 4 is 29.1 Å². The van der Waals surface area contributed by atoms with Crippen molar-refractivity contribution < 1.29 is 14.3 Å². The Morgan fingerprint density at radius 2 is 2.17 bits per heavy atom. The molecule has 0 spiro atoms. The molecule has 5 N–H and O–H groups in total. The minimum absolute atomic E-state index is 0.244. The molecule has 0 bridgehead atoms. The summed E-state index contributed by atoms with van der Waals surface area (Å²) in [4.78, 5) is 17.6. The van der Waals surface area contributed by atoms with Crippen molar-refractivity contribution in [2.45, 2.75) is 52.1 Å². The van der Waals surface area contributed by atoms with E-state index in [1.165, 1.54) is 6.20 Å². The van der Waals surface area contributed by atoms with Crippen LogP contribution in [0.15, 0.2) is 40.2 Å². The summed E-state index contributed by atoms with van der Waals surface area (Å²) in [6, 6.07) is 3.60. The first kappa shape index (κ1) is 22.0. The normalized spacial score (nSPS) is 21.4. The number of nitrogens with zero attached hydrogens (tertiary/aromatic N) is 1. The van der Waals surface area contributed by atoms with Crippen LogP contribution in [0.2, 0.25) is 5.02 Å². The number of hydrogen-bond acceptors (Lipinski definition) is 7. The van der Waals surface area contributed by atoms with Gasteiger partial charge in [0.05, 0.1) is 36.0 Å². The highest BCUT2D eigenvalue weighted by atomic mass is 35.5. The number of anilines is 1. The lowest BCUT2D eigenvalue weighted by Crippen LogP contribution is -2.41. The van der Waals surface area contributed by atoms with E-state index in [1.54, 1.807) is 13.0 Å². The largest absolute Gasteiger partial charge is 0.484 e. The number of esters is 1. The predicted octanol–water partition coefficient (Wildman–Crippen LogP) is 3.84. The zero-order valence-corrected chi connectivity index (χ0v) is 18.6. The second kappa shape index (κ2) is 8.60. The number of nitrogens with two attached hydrogens (primary N) is 2. The highest BCUT2D eigenvalue weighted by Gasteiger charge is 2.39. The predicted molar refractivity (Wildman–Crippen MR) is 120 cm³/mol. The summed E-state index contributed by atoms with van der Waals surface area (Å²) in [7, 11) is 0. The molecular formula is C22H29ClN4O3. The maximum atomic E-state index is 13.1. The number of nitrogens with one attached hydrogen (secondary N) is 1. The Morgan fingerprint density at radius 1 is 1.43 bits per heavy atom. The number of ether oxygens (including phenoxy) is 2. The summed E-state index contributed by atoms with van der Waals surface area (Å²) in [6.07, 6.45) is 2.76. The Bertz CT molecular complexity index is 950.